The maximum absolute atomic E-state index is 13.7. The number of fused-ring (bicyclic) bond motifs is 1. The van der Waals surface area contributed by atoms with Crippen molar-refractivity contribution in [3.8, 4) is 0 Å². The first-order chi connectivity index (χ1) is 67.1. The fourth-order valence-electron chi connectivity index (χ4n) is 16.6. The molecule has 71 heteroatoms. The molecule has 30 atom stereocenters. The summed E-state index contributed by atoms with van der Waals surface area (Å²) in [4.78, 5) is 216. The third-order valence-electron chi connectivity index (χ3n) is 24.1. The summed E-state index contributed by atoms with van der Waals surface area (Å²) in [5.41, 5.74) is 28.0. The fraction of sp³-hybridized carbons (Fsp3) is 0.625. The van der Waals surface area contributed by atoms with Crippen molar-refractivity contribution in [2.45, 2.75) is 241 Å². The van der Waals surface area contributed by atoms with E-state index < -0.39 is 274 Å². The van der Waals surface area contributed by atoms with Crippen molar-refractivity contribution in [1.82, 2.24) is 78.2 Å². The molecule has 0 aliphatic carbocycles. The first-order valence-corrected chi connectivity index (χ1v) is 61.6. The molecule has 15 rings (SSSR count). The number of carbonyl (C=O) groups excluding carboxylic acids is 2. The van der Waals surface area contributed by atoms with Gasteiger partial charge in [-0.1, -0.05) is 6.92 Å². The topological polar surface area (TPSA) is 753 Å². The van der Waals surface area contributed by atoms with Crippen molar-refractivity contribution in [3.05, 3.63) is 146 Å². The number of nitrogen functional groups attached to an aromatic ring is 3. The Morgan fingerprint density at radius 2 is 0.664 bits per heavy atom. The highest BCUT2D eigenvalue weighted by Crippen LogP contribution is 2.59. The minimum Gasteiger partial charge on any atom is -0.383 e. The first-order valence-electron chi connectivity index (χ1n) is 43.5. The Labute approximate surface area is 845 Å². The standard InChI is InChI=1S/C72H104N21O36P7S7/c1-9-37-38(10-51(116-37)87-17-31(2)59(73)81-67(87)96)124-131(103,138)110-28-50-44(16-57(122-50)93-30-80-58-63(77)78-29-79-64(58)93)129-136(108,143)115-27-49-43(15-56(121-49)92-22-36(7)66(95)86-72(92)101)128-135(107,142)114-26-48-42(14-54(120-48)90-20-34(5)62(76)84-70(90)99)127-134(106,141)113-25-47-41(13-53(119-47)89-19-33(4)61(75)83-69(89)98)126-133(105,140)112-24-46-40(12-52(118-46)88-18-32(3)60(74)82-68(88)97)125-132(104,139)111-23-45-39(123-130(102,137)109-8)11-55(117-45)91-21-35(6)65(94)85-71(91)100/h17-22,29-30,37-57,61-62H,9-16,23-28,75-76H2,1-8H3,(H,83,98)(H,84,99)(H,102,137)(H,103,138)(H,104,139)(H,105,140)(H,106,141)(H,107,142)(H,108,143)(H2,73,81,96)(H2,74,82,97)(H2,77,78,79)(H,85,94,100)(H,86,95,101)/t37-,38-,39-,40-,41-,42-,43-,44-,45-,46-,47-,48-,49-,50-,51-,52-,53-,54-,55-,56-,57-,61?,62?,130?,131?,132?,133?,134?,135?,136?/m1/s1. The zero-order chi connectivity index (χ0) is 104. The monoisotopic (exact) mass is 2280 g/mol. The van der Waals surface area contributed by atoms with Gasteiger partial charge in [0.1, 0.15) is 116 Å². The number of carbonyl (C=O) groups is 2. The fourth-order valence-corrected chi connectivity index (χ4v) is 26.4. The molecule has 0 bridgehead atoms. The molecule has 57 nitrogen and oxygen atoms in total. The van der Waals surface area contributed by atoms with Crippen LogP contribution in [0.15, 0.2) is 89.8 Å². The molecule has 143 heavy (non-hydrogen) atoms. The SMILES string of the molecule is CC[C@H]1O[C@@H](n2cc(C)c(N)nc2=O)C[C@H]1OP(O)(=S)OC[C@H]1O[C@@H](n2cnc3c(N)ncnc32)C[C@H]1OP(O)(=S)OC[C@H]1O[C@@H](n2cc(C)c(=O)[nH]c2=O)C[C@H]1OP(O)(=S)OC[C@H]1O[C@@H](N2C=C(C)C(N)NC2=O)C[C@H]1OP(O)(=S)OC[C@H]1O[C@@H](N2C=C(C)C(N)NC2=O)C[C@H]1OP(O)(=S)OC[C@H]1O[C@@H](n2cc(C)c(N)nc2=O)C[C@H]1OP(O)(=S)OC[C@H]1O[C@@H](n2cc(C)c(=O)[nH]c2=O)C[C@H]1OP(O)(=S)OC. The van der Waals surface area contributed by atoms with Crippen molar-refractivity contribution in [2.75, 3.05) is 64.0 Å². The predicted molar refractivity (Wildman–Crippen MR) is 523 cm³/mol. The molecular weight excluding hydrogens is 2180 g/mol. The van der Waals surface area contributed by atoms with E-state index in [2.05, 4.69) is 45.5 Å². The van der Waals surface area contributed by atoms with Crippen LogP contribution in [0, 0.1) is 27.7 Å². The molecule has 6 aromatic heterocycles. The highest BCUT2D eigenvalue weighted by atomic mass is 32.5. The molecule has 9 aliphatic rings. The van der Waals surface area contributed by atoms with Gasteiger partial charge < -0.3 is 170 Å². The van der Waals surface area contributed by atoms with Crippen LogP contribution in [0.4, 0.5) is 27.0 Å². The summed E-state index contributed by atoms with van der Waals surface area (Å²) in [6.07, 6.45) is -19.3. The lowest BCUT2D eigenvalue weighted by atomic mass is 10.1. The highest BCUT2D eigenvalue weighted by Gasteiger charge is 2.53. The minimum absolute atomic E-state index is 0.0262. The molecular formula is C72H104N21O36P7S7. The Morgan fingerprint density at radius 3 is 0.986 bits per heavy atom. The summed E-state index contributed by atoms with van der Waals surface area (Å²) >= 11 is 38.9. The summed E-state index contributed by atoms with van der Waals surface area (Å²) in [7, 11) is 1.10. The van der Waals surface area contributed by atoms with Crippen molar-refractivity contribution in [3.63, 3.8) is 0 Å². The molecule has 4 amide bonds. The smallest absolute Gasteiger partial charge is 0.351 e. The van der Waals surface area contributed by atoms with E-state index in [1.165, 1.54) is 72.8 Å². The first kappa shape index (κ1) is 112. The molecule has 6 aromatic rings. The van der Waals surface area contributed by atoms with Crippen LogP contribution in [-0.2, 0) is 179 Å². The van der Waals surface area contributed by atoms with Crippen LogP contribution < -0.4 is 73.2 Å². The number of H-pyrrole nitrogens is 2. The van der Waals surface area contributed by atoms with E-state index in [4.69, 9.17) is 208 Å². The molecule has 7 saturated heterocycles. The van der Waals surface area contributed by atoms with E-state index >= 15 is 0 Å². The highest BCUT2D eigenvalue weighted by molar-refractivity contribution is 8.09. The number of urea groups is 2. The van der Waals surface area contributed by atoms with E-state index in [0.29, 0.717) is 28.7 Å². The normalized spacial score (nSPS) is 32.0. The molecule has 0 aromatic carbocycles. The number of aryl methyl sites for hydroxylation is 4. The number of anilines is 3. The molecule has 15 heterocycles. The molecule has 0 spiro atoms. The molecule has 0 radical (unpaired) electrons. The quantitative estimate of drug-likeness (QED) is 0.0237. The molecule has 9 aliphatic heterocycles. The van der Waals surface area contributed by atoms with Crippen LogP contribution in [0.25, 0.3) is 11.2 Å². The van der Waals surface area contributed by atoms with E-state index in [1.54, 1.807) is 34.6 Å². The molecule has 0 saturated carbocycles. The number of aromatic amines is 2. The van der Waals surface area contributed by atoms with Crippen molar-refractivity contribution in [1.29, 1.82) is 0 Å². The Morgan fingerprint density at radius 1 is 0.385 bits per heavy atom. The molecule has 21 N–H and O–H groups in total. The van der Waals surface area contributed by atoms with Gasteiger partial charge in [0.05, 0.1) is 94.8 Å². The number of amides is 4. The number of nitrogens with zero attached hydrogens (tertiary/aromatic N) is 12. The van der Waals surface area contributed by atoms with Crippen LogP contribution in [0.3, 0.4) is 0 Å². The average Bonchev–Trinajstić information content (AvgIpc) is 1.61. The second-order valence-electron chi connectivity index (χ2n) is 34.2. The molecule has 9 unspecified atom stereocenters. The van der Waals surface area contributed by atoms with E-state index in [-0.39, 0.29) is 84.7 Å². The maximum atomic E-state index is 13.7. The Hall–Kier alpha value is -5.56. The minimum atomic E-state index is -4.74. The lowest BCUT2D eigenvalue weighted by Gasteiger charge is -2.32. The van der Waals surface area contributed by atoms with Gasteiger partial charge in [-0.05, 0) is 142 Å². The van der Waals surface area contributed by atoms with Crippen molar-refractivity contribution < 1.29 is 140 Å². The number of hydrogen-bond acceptors (Lipinski definition) is 46. The third kappa shape index (κ3) is 27.1. The van der Waals surface area contributed by atoms with Gasteiger partial charge in [0.25, 0.3) is 11.1 Å². The van der Waals surface area contributed by atoms with Crippen LogP contribution >= 0.6 is 47.0 Å². The van der Waals surface area contributed by atoms with Gasteiger partial charge >= 0.3 is 81.9 Å². The number of ether oxygens (including phenoxy) is 7. The van der Waals surface area contributed by atoms with Gasteiger partial charge in [-0.15, -0.1) is 0 Å². The third-order valence-corrected chi connectivity index (χ3v) is 35.3. The van der Waals surface area contributed by atoms with E-state index in [0.717, 1.165) is 30.6 Å². The number of rotatable bonds is 41. The zero-order valence-corrected chi connectivity index (χ0v) is 88.5. The molecule has 7 fully saturated rings. The predicted octanol–water partition coefficient (Wildman–Crippen LogP) is 0.886. The largest absolute Gasteiger partial charge is 0.383 e. The van der Waals surface area contributed by atoms with Gasteiger partial charge in [0.2, 0.25) is 0 Å². The van der Waals surface area contributed by atoms with Gasteiger partial charge in [0.15, 0.2) is 11.5 Å². The van der Waals surface area contributed by atoms with E-state index in [1.807, 2.05) is 0 Å². The maximum Gasteiger partial charge on any atom is 0.351 e. The second kappa shape index (κ2) is 45.2. The van der Waals surface area contributed by atoms with E-state index in [9.17, 15) is 72.6 Å². The number of hydrogen-bond donors (Lipinski definition) is 16. The van der Waals surface area contributed by atoms with Crippen LogP contribution in [0.2, 0.25) is 0 Å². The summed E-state index contributed by atoms with van der Waals surface area (Å²) < 4.78 is 134. The van der Waals surface area contributed by atoms with Crippen LogP contribution in [0.1, 0.15) is 126 Å². The number of aromatic nitrogens is 12. The second-order valence-corrected chi connectivity index (χ2v) is 53.8. The van der Waals surface area contributed by atoms with Gasteiger partial charge in [-0.25, -0.2) is 43.7 Å². The average molecular weight is 2280 g/mol. The zero-order valence-electron chi connectivity index (χ0n) is 76.5. The van der Waals surface area contributed by atoms with Gasteiger partial charge in [0, 0.05) is 111 Å². The Balaban J connectivity index is 0.630. The van der Waals surface area contributed by atoms with Gasteiger partial charge in [-0.2, -0.15) is 9.97 Å². The van der Waals surface area contributed by atoms with Crippen molar-refractivity contribution >= 4 is 170 Å². The van der Waals surface area contributed by atoms with Crippen molar-refractivity contribution in [2.24, 2.45) is 11.5 Å². The van der Waals surface area contributed by atoms with Gasteiger partial charge in [-0.3, -0.25) is 52.2 Å². The number of imidazole rings is 1. The lowest BCUT2D eigenvalue weighted by molar-refractivity contribution is -0.0626. The number of nitrogens with one attached hydrogen (secondary N) is 4. The number of nitrogens with two attached hydrogens (primary N) is 5. The summed E-state index contributed by atoms with van der Waals surface area (Å²) in [5, 5.41) is 5.19. The Kier molecular flexibility index (Phi) is 35.2. The lowest BCUT2D eigenvalue weighted by Crippen LogP contribution is -2.54. The summed E-state index contributed by atoms with van der Waals surface area (Å²) in [6.45, 7) is -24.9. The van der Waals surface area contributed by atoms with Crippen LogP contribution in [-0.4, -0.2) is 271 Å². The van der Waals surface area contributed by atoms with Crippen LogP contribution in [0.5, 0.6) is 0 Å². The Bertz CT molecular complexity index is 6640. The summed E-state index contributed by atoms with van der Waals surface area (Å²) in [5.74, 6) is -0.0362. The summed E-state index contributed by atoms with van der Waals surface area (Å²) in [6, 6.07) is -1.51. The molecule has 790 valence electrons.